The molecule has 3 heterocycles. The number of carbonyl (C=O) groups is 1. The Bertz CT molecular complexity index is 1070. The van der Waals surface area contributed by atoms with Crippen molar-refractivity contribution < 1.29 is 9.53 Å². The number of nitrogens with one attached hydrogen (secondary N) is 1. The van der Waals surface area contributed by atoms with Crippen LogP contribution in [0.25, 0.3) is 28.5 Å². The molecule has 0 aliphatic heterocycles. The Balaban J connectivity index is 1.63. The van der Waals surface area contributed by atoms with Crippen molar-refractivity contribution in [1.29, 1.82) is 5.26 Å². The standard InChI is InChI=1S/C19H16N6O2/c20-6-13(18(21)26)5-14-8-23-19-17(14)25-15(9-24-19)12-3-4-16(22-7-12)27-10-11-1-2-11/h3-5,7-9,11H,1-2,10H2,(H2,21,26)(H,23,24). The van der Waals surface area contributed by atoms with E-state index in [1.54, 1.807) is 24.7 Å². The maximum Gasteiger partial charge on any atom is 0.259 e. The maximum absolute atomic E-state index is 11.3. The predicted molar refractivity (Wildman–Crippen MR) is 98.1 cm³/mol. The third-order valence-electron chi connectivity index (χ3n) is 4.29. The van der Waals surface area contributed by atoms with Gasteiger partial charge in [0.05, 0.1) is 18.5 Å². The van der Waals surface area contributed by atoms with Crippen molar-refractivity contribution in [3.05, 3.63) is 41.9 Å². The van der Waals surface area contributed by atoms with Gasteiger partial charge in [-0.05, 0) is 30.9 Å². The van der Waals surface area contributed by atoms with E-state index >= 15 is 0 Å². The first-order chi connectivity index (χ1) is 13.1. The number of fused-ring (bicyclic) bond motifs is 1. The van der Waals surface area contributed by atoms with E-state index in [1.165, 1.54) is 18.9 Å². The lowest BCUT2D eigenvalue weighted by Crippen LogP contribution is -2.12. The van der Waals surface area contributed by atoms with Crippen molar-refractivity contribution in [1.82, 2.24) is 19.9 Å². The van der Waals surface area contributed by atoms with Crippen LogP contribution in [0.2, 0.25) is 0 Å². The van der Waals surface area contributed by atoms with Crippen LogP contribution in [0.4, 0.5) is 0 Å². The van der Waals surface area contributed by atoms with Gasteiger partial charge in [-0.3, -0.25) is 4.79 Å². The van der Waals surface area contributed by atoms with Gasteiger partial charge in [0.2, 0.25) is 5.88 Å². The number of ether oxygens (including phenoxy) is 1. The summed E-state index contributed by atoms with van der Waals surface area (Å²) in [7, 11) is 0. The minimum absolute atomic E-state index is 0.151. The van der Waals surface area contributed by atoms with Crippen LogP contribution in [-0.2, 0) is 4.79 Å². The first kappa shape index (κ1) is 16.7. The Morgan fingerprint density at radius 2 is 2.22 bits per heavy atom. The third kappa shape index (κ3) is 3.62. The van der Waals surface area contributed by atoms with Crippen molar-refractivity contribution in [2.24, 2.45) is 11.7 Å². The van der Waals surface area contributed by atoms with Crippen LogP contribution in [-0.4, -0.2) is 32.4 Å². The van der Waals surface area contributed by atoms with Gasteiger partial charge in [0.25, 0.3) is 5.91 Å². The number of nitrogens with two attached hydrogens (primary N) is 1. The summed E-state index contributed by atoms with van der Waals surface area (Å²) in [6.45, 7) is 0.707. The molecular formula is C19H16N6O2. The van der Waals surface area contributed by atoms with Gasteiger partial charge in [0, 0.05) is 29.6 Å². The Morgan fingerprint density at radius 3 is 2.89 bits per heavy atom. The van der Waals surface area contributed by atoms with Gasteiger partial charge >= 0.3 is 0 Å². The lowest BCUT2D eigenvalue weighted by Gasteiger charge is -2.05. The number of amides is 1. The number of pyridine rings is 1. The Labute approximate surface area is 154 Å². The van der Waals surface area contributed by atoms with Crippen molar-refractivity contribution in [3.8, 4) is 23.2 Å². The molecule has 134 valence electrons. The molecule has 8 nitrogen and oxygen atoms in total. The first-order valence-electron chi connectivity index (χ1n) is 8.49. The van der Waals surface area contributed by atoms with Gasteiger partial charge in [0.15, 0.2) is 5.65 Å². The van der Waals surface area contributed by atoms with E-state index in [4.69, 9.17) is 15.7 Å². The largest absolute Gasteiger partial charge is 0.477 e. The highest BCUT2D eigenvalue weighted by Crippen LogP contribution is 2.29. The van der Waals surface area contributed by atoms with Crippen LogP contribution >= 0.6 is 0 Å². The zero-order valence-corrected chi connectivity index (χ0v) is 14.3. The number of nitrogens with zero attached hydrogens (tertiary/aromatic N) is 4. The molecule has 1 amide bonds. The number of H-pyrrole nitrogens is 1. The molecule has 3 N–H and O–H groups in total. The first-order valence-corrected chi connectivity index (χ1v) is 8.49. The Hall–Kier alpha value is -3.73. The third-order valence-corrected chi connectivity index (χ3v) is 4.29. The van der Waals surface area contributed by atoms with Crippen molar-refractivity contribution >= 4 is 23.1 Å². The molecule has 0 bridgehead atoms. The Morgan fingerprint density at radius 1 is 1.37 bits per heavy atom. The average molecular weight is 360 g/mol. The number of primary amides is 1. The number of aromatic nitrogens is 4. The summed E-state index contributed by atoms with van der Waals surface area (Å²) in [6, 6.07) is 5.46. The van der Waals surface area contributed by atoms with E-state index in [2.05, 4.69) is 19.9 Å². The maximum atomic E-state index is 11.3. The molecule has 0 radical (unpaired) electrons. The van der Waals surface area contributed by atoms with E-state index < -0.39 is 5.91 Å². The quantitative estimate of drug-likeness (QED) is 0.512. The molecule has 3 aromatic heterocycles. The molecule has 0 atom stereocenters. The smallest absolute Gasteiger partial charge is 0.259 e. The molecule has 3 aromatic rings. The van der Waals surface area contributed by atoms with Crippen LogP contribution in [0.15, 0.2) is 36.3 Å². The summed E-state index contributed by atoms with van der Waals surface area (Å²) in [5, 5.41) is 9.02. The summed E-state index contributed by atoms with van der Waals surface area (Å²) in [5.74, 6) is 0.463. The second-order valence-electron chi connectivity index (χ2n) is 6.37. The van der Waals surface area contributed by atoms with Gasteiger partial charge in [-0.2, -0.15) is 5.26 Å². The van der Waals surface area contributed by atoms with Gasteiger partial charge in [-0.15, -0.1) is 0 Å². The molecule has 0 saturated heterocycles. The van der Waals surface area contributed by atoms with E-state index in [1.807, 2.05) is 12.1 Å². The molecule has 0 spiro atoms. The molecule has 8 heteroatoms. The number of rotatable bonds is 6. The molecule has 1 aliphatic carbocycles. The zero-order valence-electron chi connectivity index (χ0n) is 14.3. The van der Waals surface area contributed by atoms with Gasteiger partial charge in [0.1, 0.15) is 17.2 Å². The normalized spacial score (nSPS) is 14.1. The number of nitriles is 1. The van der Waals surface area contributed by atoms with Crippen LogP contribution in [0.5, 0.6) is 5.88 Å². The summed E-state index contributed by atoms with van der Waals surface area (Å²) < 4.78 is 5.64. The van der Waals surface area contributed by atoms with Crippen LogP contribution < -0.4 is 10.5 Å². The Kier molecular flexibility index (Phi) is 4.26. The number of hydrogen-bond donors (Lipinski definition) is 2. The van der Waals surface area contributed by atoms with Crippen molar-refractivity contribution in [3.63, 3.8) is 0 Å². The van der Waals surface area contributed by atoms with Gasteiger partial charge in [-0.1, -0.05) is 0 Å². The minimum Gasteiger partial charge on any atom is -0.477 e. The lowest BCUT2D eigenvalue weighted by atomic mass is 10.1. The SMILES string of the molecule is N#CC(=Cc1c[nH]c2ncc(-c3ccc(OCC4CC4)nc3)nc12)C(N)=O. The number of hydrogen-bond acceptors (Lipinski definition) is 6. The summed E-state index contributed by atoms with van der Waals surface area (Å²) in [6.07, 6.45) is 8.79. The fourth-order valence-corrected chi connectivity index (χ4v) is 2.58. The van der Waals surface area contributed by atoms with Gasteiger partial charge in [-0.25, -0.2) is 15.0 Å². The van der Waals surface area contributed by atoms with Gasteiger partial charge < -0.3 is 15.5 Å². The van der Waals surface area contributed by atoms with E-state index in [9.17, 15) is 4.79 Å². The molecule has 1 aliphatic rings. The molecule has 4 rings (SSSR count). The molecule has 1 fully saturated rings. The summed E-state index contributed by atoms with van der Waals surface area (Å²) in [5.41, 5.74) is 8.10. The number of aromatic amines is 1. The topological polar surface area (TPSA) is 131 Å². The minimum atomic E-state index is -0.790. The second-order valence-corrected chi connectivity index (χ2v) is 6.37. The molecule has 27 heavy (non-hydrogen) atoms. The van der Waals surface area contributed by atoms with Crippen LogP contribution in [0.3, 0.4) is 0 Å². The molecular weight excluding hydrogens is 344 g/mol. The molecule has 0 unspecified atom stereocenters. The predicted octanol–water partition coefficient (Wildman–Crippen LogP) is 2.20. The van der Waals surface area contributed by atoms with Crippen LogP contribution in [0.1, 0.15) is 18.4 Å². The van der Waals surface area contributed by atoms with Crippen molar-refractivity contribution in [2.75, 3.05) is 6.61 Å². The van der Waals surface area contributed by atoms with E-state index in [-0.39, 0.29) is 5.57 Å². The highest BCUT2D eigenvalue weighted by Gasteiger charge is 2.22. The molecule has 0 aromatic carbocycles. The fraction of sp³-hybridized carbons (Fsp3) is 0.211. The van der Waals surface area contributed by atoms with Crippen molar-refractivity contribution in [2.45, 2.75) is 12.8 Å². The average Bonchev–Trinajstić information content (AvgIpc) is 3.44. The van der Waals surface area contributed by atoms with E-state index in [0.29, 0.717) is 40.8 Å². The number of carbonyl (C=O) groups excluding carboxylic acids is 1. The second kappa shape index (κ2) is 6.88. The zero-order chi connectivity index (χ0) is 18.8. The summed E-state index contributed by atoms with van der Waals surface area (Å²) in [4.78, 5) is 27.5. The van der Waals surface area contributed by atoms with Crippen LogP contribution in [0, 0.1) is 17.2 Å². The summed E-state index contributed by atoms with van der Waals surface area (Å²) >= 11 is 0. The highest BCUT2D eigenvalue weighted by atomic mass is 16.5. The fourth-order valence-electron chi connectivity index (χ4n) is 2.58. The highest BCUT2D eigenvalue weighted by molar-refractivity contribution is 6.02. The molecule has 1 saturated carbocycles. The van der Waals surface area contributed by atoms with E-state index in [0.717, 1.165) is 5.56 Å². The lowest BCUT2D eigenvalue weighted by molar-refractivity contribution is -0.114. The monoisotopic (exact) mass is 360 g/mol.